The predicted molar refractivity (Wildman–Crippen MR) is 108 cm³/mol. The number of hydrogen-bond acceptors (Lipinski definition) is 3. The van der Waals surface area contributed by atoms with E-state index in [0.29, 0.717) is 39.5 Å². The van der Waals surface area contributed by atoms with Crippen molar-refractivity contribution in [3.8, 4) is 0 Å². The van der Waals surface area contributed by atoms with E-state index in [2.05, 4.69) is 29.8 Å². The molecule has 0 aliphatic rings. The lowest BCUT2D eigenvalue weighted by atomic mass is 10.1. The van der Waals surface area contributed by atoms with Crippen LogP contribution >= 0.6 is 34.8 Å². The van der Waals surface area contributed by atoms with Crippen LogP contribution < -0.4 is 10.9 Å². The van der Waals surface area contributed by atoms with Crippen molar-refractivity contribution >= 4 is 46.4 Å². The summed E-state index contributed by atoms with van der Waals surface area (Å²) in [7, 11) is 0. The van der Waals surface area contributed by atoms with Gasteiger partial charge in [-0.3, -0.25) is 20.3 Å². The molecule has 0 bridgehead atoms. The van der Waals surface area contributed by atoms with E-state index in [1.165, 1.54) is 0 Å². The molecule has 1 aromatic carbocycles. The van der Waals surface area contributed by atoms with E-state index in [4.69, 9.17) is 34.8 Å². The summed E-state index contributed by atoms with van der Waals surface area (Å²) in [6.07, 6.45) is 0.941. The number of anilines is 1. The summed E-state index contributed by atoms with van der Waals surface area (Å²) in [5.74, 6) is 0.352. The molecule has 26 heavy (non-hydrogen) atoms. The fraction of sp³-hybridized carbons (Fsp3) is 0.444. The Morgan fingerprint density at radius 1 is 1.19 bits per heavy atom. The number of aryl methyl sites for hydroxylation is 1. The number of halogens is 3. The second-order valence-corrected chi connectivity index (χ2v) is 7.89. The fourth-order valence-corrected chi connectivity index (χ4v) is 3.63. The molecule has 0 saturated heterocycles. The zero-order chi connectivity index (χ0) is 19.4. The summed E-state index contributed by atoms with van der Waals surface area (Å²) >= 11 is 18.0. The smallest absolute Gasteiger partial charge is 0.238 e. The van der Waals surface area contributed by atoms with Crippen molar-refractivity contribution in [2.45, 2.75) is 47.1 Å². The van der Waals surface area contributed by atoms with E-state index < -0.39 is 0 Å². The third-order valence-corrected chi connectivity index (χ3v) is 4.82. The number of amides is 1. The molecular formula is C18H23Cl3N4O. The van der Waals surface area contributed by atoms with Crippen LogP contribution in [0, 0.1) is 19.8 Å². The van der Waals surface area contributed by atoms with Crippen LogP contribution in [0.4, 0.5) is 5.69 Å². The monoisotopic (exact) mass is 416 g/mol. The molecular weight excluding hydrogens is 395 g/mol. The first-order valence-corrected chi connectivity index (χ1v) is 9.54. The summed E-state index contributed by atoms with van der Waals surface area (Å²) in [6.45, 7) is 9.20. The van der Waals surface area contributed by atoms with Gasteiger partial charge >= 0.3 is 0 Å². The summed E-state index contributed by atoms with van der Waals surface area (Å²) < 4.78 is 2.01. The second-order valence-electron chi connectivity index (χ2n) is 6.64. The number of nitrogens with zero attached hydrogens (tertiary/aromatic N) is 2. The third-order valence-electron chi connectivity index (χ3n) is 4.01. The topological polar surface area (TPSA) is 59.0 Å². The molecule has 0 aliphatic carbocycles. The van der Waals surface area contributed by atoms with Crippen molar-refractivity contribution in [1.29, 1.82) is 0 Å². The van der Waals surface area contributed by atoms with Crippen molar-refractivity contribution in [2.75, 3.05) is 5.43 Å². The Labute approximate surface area is 169 Å². The van der Waals surface area contributed by atoms with Crippen molar-refractivity contribution in [3.63, 3.8) is 0 Å². The van der Waals surface area contributed by atoms with E-state index in [-0.39, 0.29) is 5.91 Å². The fourth-order valence-electron chi connectivity index (χ4n) is 2.71. The number of hydrogen-bond donors (Lipinski definition) is 2. The van der Waals surface area contributed by atoms with Crippen LogP contribution in [0.5, 0.6) is 0 Å². The highest BCUT2D eigenvalue weighted by Gasteiger charge is 2.14. The standard InChI is InChI=1S/C18H23Cl3N4O/c1-10(2)9-25-12(4)14(11(3)24-25)5-6-17(26)22-23-18-15(20)7-13(19)8-16(18)21/h7-8,10,23H,5-6,9H2,1-4H3,(H,22,26). The van der Waals surface area contributed by atoms with E-state index in [1.54, 1.807) is 12.1 Å². The second kappa shape index (κ2) is 8.98. The van der Waals surface area contributed by atoms with Gasteiger partial charge < -0.3 is 0 Å². The molecule has 2 rings (SSSR count). The molecule has 0 aliphatic heterocycles. The number of carbonyl (C=O) groups excluding carboxylic acids is 1. The van der Waals surface area contributed by atoms with Crippen LogP contribution in [0.15, 0.2) is 12.1 Å². The highest BCUT2D eigenvalue weighted by Crippen LogP contribution is 2.33. The zero-order valence-electron chi connectivity index (χ0n) is 15.3. The molecule has 142 valence electrons. The average Bonchev–Trinajstić information content (AvgIpc) is 2.77. The lowest BCUT2D eigenvalue weighted by Crippen LogP contribution is -2.29. The largest absolute Gasteiger partial charge is 0.296 e. The number of carbonyl (C=O) groups is 1. The maximum absolute atomic E-state index is 12.2. The Morgan fingerprint density at radius 2 is 1.81 bits per heavy atom. The maximum Gasteiger partial charge on any atom is 0.238 e. The number of hydrazine groups is 1. The summed E-state index contributed by atoms with van der Waals surface area (Å²) in [5.41, 5.74) is 8.99. The molecule has 0 fully saturated rings. The van der Waals surface area contributed by atoms with Gasteiger partial charge in [-0.25, -0.2) is 0 Å². The SMILES string of the molecule is Cc1nn(CC(C)C)c(C)c1CCC(=O)NNc1c(Cl)cc(Cl)cc1Cl. The van der Waals surface area contributed by atoms with E-state index in [0.717, 1.165) is 23.5 Å². The van der Waals surface area contributed by atoms with Crippen LogP contribution in [0.25, 0.3) is 0 Å². The Hall–Kier alpha value is -1.43. The van der Waals surface area contributed by atoms with Gasteiger partial charge in [0.2, 0.25) is 5.91 Å². The zero-order valence-corrected chi connectivity index (χ0v) is 17.6. The molecule has 0 saturated carbocycles. The molecule has 8 heteroatoms. The Balaban J connectivity index is 1.95. The minimum absolute atomic E-state index is 0.164. The van der Waals surface area contributed by atoms with Gasteiger partial charge in [-0.15, -0.1) is 0 Å². The Kier molecular flexibility index (Phi) is 7.21. The van der Waals surface area contributed by atoms with Crippen molar-refractivity contribution in [1.82, 2.24) is 15.2 Å². The van der Waals surface area contributed by atoms with Gasteiger partial charge in [-0.2, -0.15) is 5.10 Å². The lowest BCUT2D eigenvalue weighted by Gasteiger charge is -2.12. The maximum atomic E-state index is 12.2. The van der Waals surface area contributed by atoms with E-state index in [1.807, 2.05) is 18.5 Å². The third kappa shape index (κ3) is 5.29. The molecule has 0 atom stereocenters. The van der Waals surface area contributed by atoms with Gasteiger partial charge in [0.15, 0.2) is 0 Å². The van der Waals surface area contributed by atoms with Gasteiger partial charge in [0.05, 0.1) is 21.4 Å². The van der Waals surface area contributed by atoms with Gasteiger partial charge in [-0.1, -0.05) is 48.7 Å². The molecule has 2 N–H and O–H groups in total. The molecule has 0 radical (unpaired) electrons. The molecule has 1 heterocycles. The molecule has 0 unspecified atom stereocenters. The van der Waals surface area contributed by atoms with E-state index >= 15 is 0 Å². The minimum Gasteiger partial charge on any atom is -0.296 e. The van der Waals surface area contributed by atoms with Gasteiger partial charge in [0.25, 0.3) is 0 Å². The predicted octanol–water partition coefficient (Wildman–Crippen LogP) is 5.19. The van der Waals surface area contributed by atoms with Crippen LogP contribution in [0.1, 0.15) is 37.2 Å². The summed E-state index contributed by atoms with van der Waals surface area (Å²) in [4.78, 5) is 12.2. The first-order chi connectivity index (χ1) is 12.2. The van der Waals surface area contributed by atoms with Crippen molar-refractivity contribution < 1.29 is 4.79 Å². The van der Waals surface area contributed by atoms with Crippen LogP contribution in [0.3, 0.4) is 0 Å². The minimum atomic E-state index is -0.164. The highest BCUT2D eigenvalue weighted by atomic mass is 35.5. The summed E-state index contributed by atoms with van der Waals surface area (Å²) in [6, 6.07) is 3.11. The van der Waals surface area contributed by atoms with Crippen LogP contribution in [-0.4, -0.2) is 15.7 Å². The lowest BCUT2D eigenvalue weighted by molar-refractivity contribution is -0.120. The van der Waals surface area contributed by atoms with Gasteiger partial charge in [0.1, 0.15) is 0 Å². The Bertz CT molecular complexity index is 779. The van der Waals surface area contributed by atoms with Crippen LogP contribution in [-0.2, 0) is 17.8 Å². The van der Waals surface area contributed by atoms with Gasteiger partial charge in [0, 0.05) is 23.7 Å². The quantitative estimate of drug-likeness (QED) is 0.609. The number of benzene rings is 1. The first-order valence-electron chi connectivity index (χ1n) is 8.41. The Morgan fingerprint density at radius 3 is 2.38 bits per heavy atom. The van der Waals surface area contributed by atoms with Gasteiger partial charge in [-0.05, 0) is 43.9 Å². The molecule has 5 nitrogen and oxygen atoms in total. The molecule has 0 spiro atoms. The average molecular weight is 418 g/mol. The van der Waals surface area contributed by atoms with Crippen molar-refractivity contribution in [3.05, 3.63) is 44.2 Å². The normalized spacial score (nSPS) is 11.1. The number of aromatic nitrogens is 2. The number of rotatable bonds is 7. The molecule has 1 aromatic heterocycles. The molecule has 1 amide bonds. The summed E-state index contributed by atoms with van der Waals surface area (Å²) in [5, 5.41) is 5.68. The highest BCUT2D eigenvalue weighted by molar-refractivity contribution is 6.41. The van der Waals surface area contributed by atoms with Crippen molar-refractivity contribution in [2.24, 2.45) is 5.92 Å². The van der Waals surface area contributed by atoms with E-state index in [9.17, 15) is 4.79 Å². The molecule has 2 aromatic rings. The van der Waals surface area contributed by atoms with Crippen LogP contribution in [0.2, 0.25) is 15.1 Å². The first kappa shape index (κ1) is 20.9. The number of nitrogens with one attached hydrogen (secondary N) is 2.